The molecule has 5 nitrogen and oxygen atoms in total. The van der Waals surface area contributed by atoms with Crippen molar-refractivity contribution in [3.63, 3.8) is 0 Å². The van der Waals surface area contributed by atoms with Crippen LogP contribution in [0.1, 0.15) is 42.6 Å². The molecule has 30 heavy (non-hydrogen) atoms. The van der Waals surface area contributed by atoms with Gasteiger partial charge in [0.25, 0.3) is 5.91 Å². The third kappa shape index (κ3) is 5.07. The Bertz CT molecular complexity index is 1010. The largest absolute Gasteiger partial charge is 0.483 e. The first-order chi connectivity index (χ1) is 14.5. The van der Waals surface area contributed by atoms with Gasteiger partial charge in [-0.2, -0.15) is 0 Å². The van der Waals surface area contributed by atoms with Crippen LogP contribution in [0.5, 0.6) is 5.75 Å². The number of benzene rings is 2. The van der Waals surface area contributed by atoms with E-state index < -0.39 is 5.97 Å². The Kier molecular flexibility index (Phi) is 7.25. The summed E-state index contributed by atoms with van der Waals surface area (Å²) in [5.41, 5.74) is 3.03. The summed E-state index contributed by atoms with van der Waals surface area (Å²) in [6.45, 7) is 6.01. The SMILES string of the molecule is CCOC(=O)c1c(-c2ccccc2)csc1NC(=O)COc1ccccc1C(C)C. The van der Waals surface area contributed by atoms with Crippen molar-refractivity contribution in [3.05, 3.63) is 71.1 Å². The lowest BCUT2D eigenvalue weighted by Gasteiger charge is -2.14. The highest BCUT2D eigenvalue weighted by Gasteiger charge is 2.23. The highest BCUT2D eigenvalue weighted by atomic mass is 32.1. The molecule has 0 spiro atoms. The minimum Gasteiger partial charge on any atom is -0.483 e. The molecule has 2 aromatic carbocycles. The molecule has 1 amide bonds. The van der Waals surface area contributed by atoms with Crippen molar-refractivity contribution >= 4 is 28.2 Å². The van der Waals surface area contributed by atoms with Gasteiger partial charge in [0.05, 0.1) is 6.61 Å². The Labute approximate surface area is 180 Å². The van der Waals surface area contributed by atoms with Gasteiger partial charge >= 0.3 is 5.97 Å². The van der Waals surface area contributed by atoms with Crippen molar-refractivity contribution in [1.82, 2.24) is 0 Å². The Hall–Kier alpha value is -3.12. The number of amides is 1. The van der Waals surface area contributed by atoms with E-state index in [-0.39, 0.29) is 25.0 Å². The Morgan fingerprint density at radius 3 is 2.43 bits per heavy atom. The zero-order valence-electron chi connectivity index (χ0n) is 17.3. The van der Waals surface area contributed by atoms with E-state index in [1.807, 2.05) is 60.0 Å². The molecule has 0 atom stereocenters. The van der Waals surface area contributed by atoms with Crippen LogP contribution in [0.2, 0.25) is 0 Å². The fraction of sp³-hybridized carbons (Fsp3) is 0.250. The average molecular weight is 424 g/mol. The molecule has 0 fully saturated rings. The first kappa shape index (κ1) is 21.6. The molecule has 0 bridgehead atoms. The Morgan fingerprint density at radius 1 is 1.03 bits per heavy atom. The number of nitrogens with one attached hydrogen (secondary N) is 1. The topological polar surface area (TPSA) is 64.6 Å². The predicted molar refractivity (Wildman–Crippen MR) is 120 cm³/mol. The maximum atomic E-state index is 12.6. The zero-order chi connectivity index (χ0) is 21.5. The standard InChI is InChI=1S/C24H25NO4S/c1-4-28-24(27)22-19(17-10-6-5-7-11-17)15-30-23(22)25-21(26)14-29-20-13-9-8-12-18(20)16(2)3/h5-13,15-16H,4,14H2,1-3H3,(H,25,26). The van der Waals surface area contributed by atoms with Crippen molar-refractivity contribution < 1.29 is 19.1 Å². The van der Waals surface area contributed by atoms with Crippen LogP contribution in [-0.4, -0.2) is 25.1 Å². The van der Waals surface area contributed by atoms with Gasteiger partial charge in [0.15, 0.2) is 6.61 Å². The summed E-state index contributed by atoms with van der Waals surface area (Å²) in [6.07, 6.45) is 0. The lowest BCUT2D eigenvalue weighted by Crippen LogP contribution is -2.21. The minimum absolute atomic E-state index is 0.148. The lowest BCUT2D eigenvalue weighted by molar-refractivity contribution is -0.118. The van der Waals surface area contributed by atoms with E-state index in [1.165, 1.54) is 11.3 Å². The van der Waals surface area contributed by atoms with E-state index in [2.05, 4.69) is 19.2 Å². The van der Waals surface area contributed by atoms with E-state index in [0.29, 0.717) is 16.3 Å². The third-order valence-electron chi connectivity index (χ3n) is 4.51. The van der Waals surface area contributed by atoms with Crippen molar-refractivity contribution in [1.29, 1.82) is 0 Å². The van der Waals surface area contributed by atoms with E-state index >= 15 is 0 Å². The van der Waals surface area contributed by atoms with Crippen LogP contribution < -0.4 is 10.1 Å². The van der Waals surface area contributed by atoms with E-state index in [4.69, 9.17) is 9.47 Å². The summed E-state index contributed by atoms with van der Waals surface area (Å²) in [6, 6.07) is 17.2. The molecular formula is C24H25NO4S. The smallest absolute Gasteiger partial charge is 0.341 e. The van der Waals surface area contributed by atoms with Gasteiger partial charge in [0.1, 0.15) is 16.3 Å². The normalized spacial score (nSPS) is 10.7. The molecule has 0 aliphatic rings. The van der Waals surface area contributed by atoms with Gasteiger partial charge in [-0.1, -0.05) is 62.4 Å². The number of esters is 1. The molecule has 0 saturated heterocycles. The number of hydrogen-bond acceptors (Lipinski definition) is 5. The number of anilines is 1. The molecule has 1 heterocycles. The molecule has 0 aliphatic heterocycles. The number of carbonyl (C=O) groups excluding carboxylic acids is 2. The second-order valence-electron chi connectivity index (χ2n) is 6.97. The Balaban J connectivity index is 1.78. The average Bonchev–Trinajstić information content (AvgIpc) is 3.16. The van der Waals surface area contributed by atoms with Gasteiger partial charge in [0, 0.05) is 10.9 Å². The molecule has 3 rings (SSSR count). The first-order valence-electron chi connectivity index (χ1n) is 9.86. The quantitative estimate of drug-likeness (QED) is 0.470. The second kappa shape index (κ2) is 10.1. The van der Waals surface area contributed by atoms with Gasteiger partial charge in [-0.15, -0.1) is 11.3 Å². The van der Waals surface area contributed by atoms with Gasteiger partial charge in [0.2, 0.25) is 0 Å². The summed E-state index contributed by atoms with van der Waals surface area (Å²) in [5, 5.41) is 5.12. The summed E-state index contributed by atoms with van der Waals surface area (Å²) < 4.78 is 11.0. The van der Waals surface area contributed by atoms with Crippen LogP contribution in [0.3, 0.4) is 0 Å². The lowest BCUT2D eigenvalue weighted by atomic mass is 10.0. The van der Waals surface area contributed by atoms with Crippen molar-refractivity contribution in [2.24, 2.45) is 0 Å². The summed E-state index contributed by atoms with van der Waals surface area (Å²) in [5.74, 6) is 0.175. The molecule has 1 aromatic heterocycles. The molecular weight excluding hydrogens is 398 g/mol. The van der Waals surface area contributed by atoms with Gasteiger partial charge in [-0.25, -0.2) is 4.79 Å². The van der Waals surface area contributed by atoms with Crippen LogP contribution in [0.25, 0.3) is 11.1 Å². The molecule has 0 radical (unpaired) electrons. The first-order valence-corrected chi connectivity index (χ1v) is 10.7. The van der Waals surface area contributed by atoms with Crippen molar-refractivity contribution in [3.8, 4) is 16.9 Å². The monoisotopic (exact) mass is 423 g/mol. The number of hydrogen-bond donors (Lipinski definition) is 1. The van der Waals surface area contributed by atoms with E-state index in [0.717, 1.165) is 16.7 Å². The molecule has 3 aromatic rings. The maximum absolute atomic E-state index is 12.6. The number of ether oxygens (including phenoxy) is 2. The number of rotatable bonds is 8. The molecule has 6 heteroatoms. The van der Waals surface area contributed by atoms with E-state index in [1.54, 1.807) is 6.92 Å². The van der Waals surface area contributed by atoms with Crippen LogP contribution in [0, 0.1) is 0 Å². The summed E-state index contributed by atoms with van der Waals surface area (Å²) in [4.78, 5) is 25.2. The zero-order valence-corrected chi connectivity index (χ0v) is 18.1. The number of para-hydroxylation sites is 1. The fourth-order valence-corrected chi connectivity index (χ4v) is 4.05. The van der Waals surface area contributed by atoms with Crippen molar-refractivity contribution in [2.45, 2.75) is 26.7 Å². The molecule has 0 saturated carbocycles. The molecule has 0 unspecified atom stereocenters. The number of thiophene rings is 1. The van der Waals surface area contributed by atoms with Gasteiger partial charge in [-0.3, -0.25) is 4.79 Å². The van der Waals surface area contributed by atoms with Crippen LogP contribution >= 0.6 is 11.3 Å². The van der Waals surface area contributed by atoms with Gasteiger partial charge < -0.3 is 14.8 Å². The number of carbonyl (C=O) groups is 2. The summed E-state index contributed by atoms with van der Waals surface area (Å²) >= 11 is 1.29. The van der Waals surface area contributed by atoms with Gasteiger partial charge in [-0.05, 0) is 30.0 Å². The minimum atomic E-state index is -0.459. The second-order valence-corrected chi connectivity index (χ2v) is 7.85. The molecule has 1 N–H and O–H groups in total. The fourth-order valence-electron chi connectivity index (χ4n) is 3.08. The highest BCUT2D eigenvalue weighted by Crippen LogP contribution is 2.36. The highest BCUT2D eigenvalue weighted by molar-refractivity contribution is 7.15. The predicted octanol–water partition coefficient (Wildman–Crippen LogP) is 5.73. The third-order valence-corrected chi connectivity index (χ3v) is 5.40. The molecule has 0 aliphatic carbocycles. The maximum Gasteiger partial charge on any atom is 0.341 e. The Morgan fingerprint density at radius 2 is 1.73 bits per heavy atom. The van der Waals surface area contributed by atoms with Crippen LogP contribution in [0.15, 0.2) is 60.0 Å². The summed E-state index contributed by atoms with van der Waals surface area (Å²) in [7, 11) is 0. The van der Waals surface area contributed by atoms with Crippen LogP contribution in [0.4, 0.5) is 5.00 Å². The van der Waals surface area contributed by atoms with Crippen LogP contribution in [-0.2, 0) is 9.53 Å². The van der Waals surface area contributed by atoms with Crippen molar-refractivity contribution in [2.75, 3.05) is 18.5 Å². The van der Waals surface area contributed by atoms with E-state index in [9.17, 15) is 9.59 Å². The molecule has 156 valence electrons.